The van der Waals surface area contributed by atoms with Crippen molar-refractivity contribution in [1.29, 1.82) is 0 Å². The van der Waals surface area contributed by atoms with Gasteiger partial charge in [-0.2, -0.15) is 5.10 Å². The van der Waals surface area contributed by atoms with E-state index >= 15 is 0 Å². The molecule has 24 heavy (non-hydrogen) atoms. The molecular weight excluding hydrogens is 373 g/mol. The van der Waals surface area contributed by atoms with Gasteiger partial charge in [-0.3, -0.25) is 9.59 Å². The first-order valence-electron chi connectivity index (χ1n) is 6.73. The Balaban J connectivity index is 1.98. The predicted molar refractivity (Wildman–Crippen MR) is 97.0 cm³/mol. The van der Waals surface area contributed by atoms with E-state index in [1.54, 1.807) is 36.4 Å². The molecule has 0 aliphatic rings. The molecule has 0 bridgehead atoms. The highest BCUT2D eigenvalue weighted by Crippen LogP contribution is 2.22. The Labute approximate surface area is 153 Å². The van der Waals surface area contributed by atoms with Crippen molar-refractivity contribution in [3.63, 3.8) is 0 Å². The van der Waals surface area contributed by atoms with Crippen LogP contribution in [-0.4, -0.2) is 18.0 Å². The highest BCUT2D eigenvalue weighted by Gasteiger charge is 2.13. The quantitative estimate of drug-likeness (QED) is 0.476. The lowest BCUT2D eigenvalue weighted by molar-refractivity contribution is -0.136. The Morgan fingerprint density at radius 3 is 2.29 bits per heavy atom. The highest BCUT2D eigenvalue weighted by atomic mass is 35.5. The van der Waals surface area contributed by atoms with Gasteiger partial charge in [-0.05, 0) is 36.8 Å². The van der Waals surface area contributed by atoms with Crippen LogP contribution in [0.1, 0.15) is 11.1 Å². The number of nitrogens with zero attached hydrogens (tertiary/aromatic N) is 1. The molecule has 0 saturated heterocycles. The van der Waals surface area contributed by atoms with E-state index in [1.165, 1.54) is 6.21 Å². The Morgan fingerprint density at radius 2 is 1.67 bits per heavy atom. The van der Waals surface area contributed by atoms with Gasteiger partial charge in [-0.15, -0.1) is 0 Å². The topological polar surface area (TPSA) is 70.6 Å². The van der Waals surface area contributed by atoms with Crippen LogP contribution in [0.25, 0.3) is 0 Å². The first-order valence-corrected chi connectivity index (χ1v) is 7.86. The van der Waals surface area contributed by atoms with E-state index in [0.717, 1.165) is 5.56 Å². The number of aryl methyl sites for hydroxylation is 1. The number of rotatable bonds is 3. The van der Waals surface area contributed by atoms with Gasteiger partial charge in [0.2, 0.25) is 0 Å². The Hall–Kier alpha value is -2.08. The van der Waals surface area contributed by atoms with E-state index in [0.29, 0.717) is 26.3 Å². The Morgan fingerprint density at radius 1 is 1.00 bits per heavy atom. The third-order valence-electron chi connectivity index (χ3n) is 3.00. The van der Waals surface area contributed by atoms with Gasteiger partial charge in [0, 0.05) is 16.3 Å². The third kappa shape index (κ3) is 4.71. The van der Waals surface area contributed by atoms with Crippen LogP contribution in [0.5, 0.6) is 0 Å². The van der Waals surface area contributed by atoms with Crippen LogP contribution in [0.15, 0.2) is 41.5 Å². The smallest absolute Gasteiger partial charge is 0.318 e. The zero-order valence-corrected chi connectivity index (χ0v) is 14.7. The van der Waals surface area contributed by atoms with Crippen molar-refractivity contribution in [1.82, 2.24) is 5.43 Å². The second-order valence-corrected chi connectivity index (χ2v) is 5.97. The molecule has 2 aromatic carbocycles. The number of benzene rings is 2. The molecule has 0 heterocycles. The van der Waals surface area contributed by atoms with Gasteiger partial charge in [-0.25, -0.2) is 5.43 Å². The van der Waals surface area contributed by atoms with Crippen molar-refractivity contribution in [3.05, 3.63) is 62.6 Å². The molecule has 2 aromatic rings. The summed E-state index contributed by atoms with van der Waals surface area (Å²) in [6, 6.07) is 9.86. The molecule has 124 valence electrons. The molecule has 2 amide bonds. The van der Waals surface area contributed by atoms with Crippen LogP contribution in [0.2, 0.25) is 15.1 Å². The molecule has 0 spiro atoms. The zero-order chi connectivity index (χ0) is 17.7. The first kappa shape index (κ1) is 18.3. The van der Waals surface area contributed by atoms with Crippen LogP contribution in [0, 0.1) is 6.92 Å². The van der Waals surface area contributed by atoms with Crippen molar-refractivity contribution < 1.29 is 9.59 Å². The molecule has 0 fully saturated rings. The normalized spacial score (nSPS) is 10.7. The molecule has 0 radical (unpaired) electrons. The summed E-state index contributed by atoms with van der Waals surface area (Å²) in [5.41, 5.74) is 3.80. The number of halogens is 3. The van der Waals surface area contributed by atoms with Crippen LogP contribution in [0.4, 0.5) is 5.69 Å². The van der Waals surface area contributed by atoms with Gasteiger partial charge < -0.3 is 5.32 Å². The van der Waals surface area contributed by atoms with Gasteiger partial charge >= 0.3 is 11.8 Å². The van der Waals surface area contributed by atoms with E-state index in [9.17, 15) is 9.59 Å². The standard InChI is InChI=1S/C16H12Cl3N3O2/c1-9-5-6-10(7-14(9)19)21-15(23)16(24)22-20-8-11-12(17)3-2-4-13(11)18/h2-8H,1H3,(H,21,23)(H,22,24)/b20-8+. The van der Waals surface area contributed by atoms with Gasteiger partial charge in [-0.1, -0.05) is 46.9 Å². The van der Waals surface area contributed by atoms with Gasteiger partial charge in [0.25, 0.3) is 0 Å². The first-order chi connectivity index (χ1) is 11.4. The number of amides is 2. The van der Waals surface area contributed by atoms with Crippen molar-refractivity contribution in [2.24, 2.45) is 5.10 Å². The summed E-state index contributed by atoms with van der Waals surface area (Å²) in [7, 11) is 0. The minimum absolute atomic E-state index is 0.374. The van der Waals surface area contributed by atoms with Crippen molar-refractivity contribution in [3.8, 4) is 0 Å². The molecule has 0 aliphatic heterocycles. The third-order valence-corrected chi connectivity index (χ3v) is 4.06. The van der Waals surface area contributed by atoms with E-state index in [4.69, 9.17) is 34.8 Å². The van der Waals surface area contributed by atoms with E-state index in [-0.39, 0.29) is 0 Å². The molecule has 2 N–H and O–H groups in total. The Bertz CT molecular complexity index is 802. The molecule has 5 nitrogen and oxygen atoms in total. The summed E-state index contributed by atoms with van der Waals surface area (Å²) in [5.74, 6) is -1.82. The maximum Gasteiger partial charge on any atom is 0.329 e. The van der Waals surface area contributed by atoms with Gasteiger partial charge in [0.1, 0.15) is 0 Å². The highest BCUT2D eigenvalue weighted by molar-refractivity contribution is 6.40. The molecule has 0 aliphatic carbocycles. The summed E-state index contributed by atoms with van der Waals surface area (Å²) in [6.07, 6.45) is 1.26. The van der Waals surface area contributed by atoms with Crippen LogP contribution in [-0.2, 0) is 9.59 Å². The van der Waals surface area contributed by atoms with Crippen LogP contribution < -0.4 is 10.7 Å². The largest absolute Gasteiger partial charge is 0.329 e. The summed E-state index contributed by atoms with van der Waals surface area (Å²) < 4.78 is 0. The minimum Gasteiger partial charge on any atom is -0.318 e. The minimum atomic E-state index is -0.939. The van der Waals surface area contributed by atoms with Crippen molar-refractivity contribution >= 4 is 58.5 Å². The van der Waals surface area contributed by atoms with Crippen LogP contribution in [0.3, 0.4) is 0 Å². The number of hydrogen-bond donors (Lipinski definition) is 2. The number of anilines is 1. The average molecular weight is 385 g/mol. The van der Waals surface area contributed by atoms with Crippen molar-refractivity contribution in [2.75, 3.05) is 5.32 Å². The summed E-state index contributed by atoms with van der Waals surface area (Å²) in [4.78, 5) is 23.5. The zero-order valence-electron chi connectivity index (χ0n) is 12.4. The fourth-order valence-corrected chi connectivity index (χ4v) is 2.37. The maximum atomic E-state index is 11.8. The number of carbonyl (C=O) groups excluding carboxylic acids is 2. The van der Waals surface area contributed by atoms with Crippen molar-refractivity contribution in [2.45, 2.75) is 6.92 Å². The lowest BCUT2D eigenvalue weighted by atomic mass is 10.2. The SMILES string of the molecule is Cc1ccc(NC(=O)C(=O)N/N=C/c2c(Cl)cccc2Cl)cc1Cl. The van der Waals surface area contributed by atoms with Crippen LogP contribution >= 0.6 is 34.8 Å². The number of nitrogens with one attached hydrogen (secondary N) is 2. The fraction of sp³-hybridized carbons (Fsp3) is 0.0625. The molecule has 8 heteroatoms. The number of hydrazone groups is 1. The molecule has 0 saturated carbocycles. The monoisotopic (exact) mass is 383 g/mol. The summed E-state index contributed by atoms with van der Waals surface area (Å²) in [5, 5.41) is 7.33. The van der Waals surface area contributed by atoms with E-state index < -0.39 is 11.8 Å². The lowest BCUT2D eigenvalue weighted by Gasteiger charge is -2.06. The van der Waals surface area contributed by atoms with Gasteiger partial charge in [0.05, 0.1) is 16.3 Å². The van der Waals surface area contributed by atoms with E-state index in [2.05, 4.69) is 15.8 Å². The molecule has 0 atom stereocenters. The molecular formula is C16H12Cl3N3O2. The summed E-state index contributed by atoms with van der Waals surface area (Å²) in [6.45, 7) is 1.83. The molecule has 0 unspecified atom stereocenters. The molecule has 0 aromatic heterocycles. The average Bonchev–Trinajstić information content (AvgIpc) is 2.53. The van der Waals surface area contributed by atoms with E-state index in [1.807, 2.05) is 6.92 Å². The maximum absolute atomic E-state index is 11.8. The second-order valence-electron chi connectivity index (χ2n) is 4.75. The number of carbonyl (C=O) groups is 2. The predicted octanol–water partition coefficient (Wildman–Crippen LogP) is 4.04. The lowest BCUT2D eigenvalue weighted by Crippen LogP contribution is -2.32. The molecule has 2 rings (SSSR count). The second kappa shape index (κ2) is 8.15. The summed E-state index contributed by atoms with van der Waals surface area (Å²) >= 11 is 17.9. The Kier molecular flexibility index (Phi) is 6.20. The number of hydrogen-bond acceptors (Lipinski definition) is 3. The fourth-order valence-electron chi connectivity index (χ4n) is 1.70. The van der Waals surface area contributed by atoms with Gasteiger partial charge in [0.15, 0.2) is 0 Å².